The van der Waals surface area contributed by atoms with Crippen molar-refractivity contribution >= 4 is 12.1 Å². The third-order valence-corrected chi connectivity index (χ3v) is 4.65. The van der Waals surface area contributed by atoms with Crippen LogP contribution in [0.3, 0.4) is 0 Å². The van der Waals surface area contributed by atoms with E-state index in [1.54, 1.807) is 37.1 Å². The topological polar surface area (TPSA) is 90.6 Å². The summed E-state index contributed by atoms with van der Waals surface area (Å²) in [5.41, 5.74) is 4.80. The fourth-order valence-electron chi connectivity index (χ4n) is 3.07. The molecule has 0 aliphatic heterocycles. The molecule has 0 aliphatic rings. The number of hydrazone groups is 1. The molecule has 0 saturated heterocycles. The molecule has 1 heterocycles. The molecule has 1 amide bonds. The van der Waals surface area contributed by atoms with Crippen molar-refractivity contribution in [2.24, 2.45) is 5.10 Å². The Labute approximate surface area is 185 Å². The minimum Gasteiger partial charge on any atom is -0.497 e. The molecule has 4 rings (SSSR count). The molecule has 4 aromatic rings. The Kier molecular flexibility index (Phi) is 6.22. The number of para-hydroxylation sites is 1. The monoisotopic (exact) mass is 427 g/mol. The number of amides is 1. The van der Waals surface area contributed by atoms with Crippen LogP contribution in [0.2, 0.25) is 0 Å². The van der Waals surface area contributed by atoms with Gasteiger partial charge in [-0.1, -0.05) is 48.5 Å². The summed E-state index contributed by atoms with van der Waals surface area (Å²) in [6, 6.07) is 24.4. The number of methoxy groups -OCH3 is 2. The molecule has 1 N–H and O–H groups in total. The van der Waals surface area contributed by atoms with Gasteiger partial charge in [-0.2, -0.15) is 5.10 Å². The Morgan fingerprint density at radius 2 is 1.69 bits per heavy atom. The molecule has 0 saturated carbocycles. The van der Waals surface area contributed by atoms with Crippen molar-refractivity contribution < 1.29 is 14.3 Å². The van der Waals surface area contributed by atoms with Crippen molar-refractivity contribution in [1.29, 1.82) is 0 Å². The lowest BCUT2D eigenvalue weighted by Gasteiger charge is -2.06. The van der Waals surface area contributed by atoms with E-state index in [9.17, 15) is 4.79 Å². The van der Waals surface area contributed by atoms with Gasteiger partial charge in [-0.3, -0.25) is 4.79 Å². The van der Waals surface area contributed by atoms with Gasteiger partial charge in [0.1, 0.15) is 11.5 Å². The van der Waals surface area contributed by atoms with Crippen LogP contribution in [-0.4, -0.2) is 41.1 Å². The van der Waals surface area contributed by atoms with Gasteiger partial charge in [-0.05, 0) is 24.3 Å². The number of nitrogens with one attached hydrogen (secondary N) is 1. The summed E-state index contributed by atoms with van der Waals surface area (Å²) in [7, 11) is 3.13. The maximum Gasteiger partial charge on any atom is 0.311 e. The Morgan fingerprint density at radius 3 is 2.38 bits per heavy atom. The number of nitrogens with zero attached hydrogens (tertiary/aromatic N) is 4. The van der Waals surface area contributed by atoms with Crippen molar-refractivity contribution in [3.8, 4) is 28.6 Å². The van der Waals surface area contributed by atoms with E-state index < -0.39 is 5.91 Å². The van der Waals surface area contributed by atoms with Gasteiger partial charge in [-0.25, -0.2) is 15.1 Å². The number of hydrogen-bond donors (Lipinski definition) is 1. The zero-order valence-electron chi connectivity index (χ0n) is 17.6. The van der Waals surface area contributed by atoms with Gasteiger partial charge in [0, 0.05) is 17.2 Å². The van der Waals surface area contributed by atoms with Crippen LogP contribution in [-0.2, 0) is 0 Å². The van der Waals surface area contributed by atoms with Crippen molar-refractivity contribution in [2.75, 3.05) is 14.2 Å². The average molecular weight is 427 g/mol. The van der Waals surface area contributed by atoms with Crippen LogP contribution in [0, 0.1) is 0 Å². The quantitative estimate of drug-likeness (QED) is 0.359. The maximum atomic E-state index is 12.7. The predicted molar refractivity (Wildman–Crippen MR) is 121 cm³/mol. The lowest BCUT2D eigenvalue weighted by Crippen LogP contribution is -2.19. The highest BCUT2D eigenvalue weighted by Crippen LogP contribution is 2.23. The first-order valence-electron chi connectivity index (χ1n) is 9.83. The third kappa shape index (κ3) is 4.49. The lowest BCUT2D eigenvalue weighted by molar-refractivity contribution is 0.0945. The van der Waals surface area contributed by atoms with Gasteiger partial charge < -0.3 is 9.47 Å². The van der Waals surface area contributed by atoms with Gasteiger partial charge in [-0.15, -0.1) is 5.10 Å². The highest BCUT2D eigenvalue weighted by atomic mass is 16.5. The summed E-state index contributed by atoms with van der Waals surface area (Å²) < 4.78 is 12.2. The first-order chi connectivity index (χ1) is 15.7. The van der Waals surface area contributed by atoms with E-state index >= 15 is 0 Å². The molecule has 8 heteroatoms. The summed E-state index contributed by atoms with van der Waals surface area (Å²) in [5, 5.41) is 8.45. The number of aromatic nitrogens is 3. The molecular formula is C24H21N5O3. The fraction of sp³-hybridized carbons (Fsp3) is 0.0833. The molecule has 3 aromatic carbocycles. The Balaban J connectivity index is 1.59. The molecule has 0 unspecified atom stereocenters. The van der Waals surface area contributed by atoms with E-state index in [1.807, 2.05) is 60.7 Å². The number of ether oxygens (including phenoxy) is 2. The number of rotatable bonds is 7. The normalized spacial score (nSPS) is 10.8. The molecule has 0 atom stereocenters. The third-order valence-electron chi connectivity index (χ3n) is 4.65. The van der Waals surface area contributed by atoms with Crippen molar-refractivity contribution in [2.45, 2.75) is 0 Å². The Hall–Kier alpha value is -4.46. The molecule has 8 nitrogen and oxygen atoms in total. The van der Waals surface area contributed by atoms with Crippen LogP contribution < -0.4 is 14.9 Å². The molecule has 32 heavy (non-hydrogen) atoms. The van der Waals surface area contributed by atoms with Crippen LogP contribution in [0.25, 0.3) is 17.1 Å². The van der Waals surface area contributed by atoms with E-state index in [1.165, 1.54) is 6.21 Å². The average Bonchev–Trinajstić information content (AvgIpc) is 3.31. The van der Waals surface area contributed by atoms with Gasteiger partial charge in [0.2, 0.25) is 5.82 Å². The summed E-state index contributed by atoms with van der Waals surface area (Å²) in [6.45, 7) is 0. The molecule has 0 spiro atoms. The largest absolute Gasteiger partial charge is 0.497 e. The molecule has 0 radical (unpaired) electrons. The standard InChI is InChI=1S/C24H21N5O3/c1-31-20-14-13-18(21(15-20)32-2)16-25-27-24(30)22-26-23(17-9-5-3-6-10-17)29(28-22)19-11-7-4-8-12-19/h3-16H,1-2H3,(H,27,30)/b25-16+. The molecule has 1 aromatic heterocycles. The fourth-order valence-corrected chi connectivity index (χ4v) is 3.07. The second kappa shape index (κ2) is 9.57. The van der Waals surface area contributed by atoms with Crippen molar-refractivity contribution in [3.05, 3.63) is 90.3 Å². The number of carbonyl (C=O) groups is 1. The molecule has 0 fully saturated rings. The Bertz CT molecular complexity index is 1180. The maximum absolute atomic E-state index is 12.7. The van der Waals surface area contributed by atoms with Gasteiger partial charge in [0.05, 0.1) is 26.1 Å². The highest BCUT2D eigenvalue weighted by Gasteiger charge is 2.18. The van der Waals surface area contributed by atoms with E-state index in [0.717, 1.165) is 11.3 Å². The van der Waals surface area contributed by atoms with Gasteiger partial charge in [0.25, 0.3) is 0 Å². The first kappa shape index (κ1) is 20.8. The van der Waals surface area contributed by atoms with Gasteiger partial charge >= 0.3 is 5.91 Å². The minimum absolute atomic E-state index is 0.00607. The van der Waals surface area contributed by atoms with Crippen LogP contribution in [0.4, 0.5) is 0 Å². The van der Waals surface area contributed by atoms with Crippen LogP contribution in [0.5, 0.6) is 11.5 Å². The lowest BCUT2D eigenvalue weighted by atomic mass is 10.2. The summed E-state index contributed by atoms with van der Waals surface area (Å²) >= 11 is 0. The zero-order chi connectivity index (χ0) is 22.3. The van der Waals surface area contributed by atoms with E-state index in [0.29, 0.717) is 22.9 Å². The zero-order valence-corrected chi connectivity index (χ0v) is 17.6. The summed E-state index contributed by atoms with van der Waals surface area (Å²) in [5.74, 6) is 1.27. The molecule has 160 valence electrons. The van der Waals surface area contributed by atoms with Crippen molar-refractivity contribution in [3.63, 3.8) is 0 Å². The number of benzene rings is 3. The number of carbonyl (C=O) groups excluding carboxylic acids is 1. The SMILES string of the molecule is COc1ccc(/C=N/NC(=O)c2nc(-c3ccccc3)n(-c3ccccc3)n2)c(OC)c1. The summed E-state index contributed by atoms with van der Waals surface area (Å²) in [4.78, 5) is 17.2. The molecule has 0 bridgehead atoms. The van der Waals surface area contributed by atoms with Crippen molar-refractivity contribution in [1.82, 2.24) is 20.2 Å². The van der Waals surface area contributed by atoms with Crippen LogP contribution >= 0.6 is 0 Å². The predicted octanol–water partition coefficient (Wildman–Crippen LogP) is 3.72. The second-order valence-electron chi connectivity index (χ2n) is 6.68. The smallest absolute Gasteiger partial charge is 0.311 e. The first-order valence-corrected chi connectivity index (χ1v) is 9.83. The molecular weight excluding hydrogens is 406 g/mol. The Morgan fingerprint density at radius 1 is 0.969 bits per heavy atom. The van der Waals surface area contributed by atoms with Crippen LogP contribution in [0.15, 0.2) is 84.0 Å². The van der Waals surface area contributed by atoms with Gasteiger partial charge in [0.15, 0.2) is 5.82 Å². The molecule has 0 aliphatic carbocycles. The summed E-state index contributed by atoms with van der Waals surface area (Å²) in [6.07, 6.45) is 1.49. The van der Waals surface area contributed by atoms with Crippen LogP contribution in [0.1, 0.15) is 16.2 Å². The minimum atomic E-state index is -0.527. The van der Waals surface area contributed by atoms with E-state index in [2.05, 4.69) is 20.6 Å². The highest BCUT2D eigenvalue weighted by molar-refractivity contribution is 5.92. The second-order valence-corrected chi connectivity index (χ2v) is 6.68. The van der Waals surface area contributed by atoms with E-state index in [-0.39, 0.29) is 5.82 Å². The number of hydrogen-bond acceptors (Lipinski definition) is 6. The van der Waals surface area contributed by atoms with E-state index in [4.69, 9.17) is 9.47 Å².